The second kappa shape index (κ2) is 6.91. The summed E-state index contributed by atoms with van der Waals surface area (Å²) in [4.78, 5) is 0. The SMILES string of the molecule is CCNC(Cc1ccc(OC)cc1)C(C)S(C)(=O)=O. The van der Waals surface area contributed by atoms with Crippen molar-refractivity contribution in [2.45, 2.75) is 31.6 Å². The molecule has 0 spiro atoms. The molecular formula is C14H23NO3S. The van der Waals surface area contributed by atoms with E-state index in [0.717, 1.165) is 17.9 Å². The van der Waals surface area contributed by atoms with Crippen molar-refractivity contribution in [1.82, 2.24) is 5.32 Å². The van der Waals surface area contributed by atoms with Crippen LogP contribution in [0.5, 0.6) is 5.75 Å². The van der Waals surface area contributed by atoms with Crippen LogP contribution in [0.1, 0.15) is 19.4 Å². The van der Waals surface area contributed by atoms with Crippen molar-refractivity contribution in [1.29, 1.82) is 0 Å². The maximum absolute atomic E-state index is 11.7. The molecule has 0 aromatic heterocycles. The Bertz CT molecular complexity index is 482. The summed E-state index contributed by atoms with van der Waals surface area (Å²) in [5, 5.41) is 2.85. The number of hydrogen-bond donors (Lipinski definition) is 1. The Morgan fingerprint density at radius 2 is 1.84 bits per heavy atom. The first-order valence-electron chi connectivity index (χ1n) is 6.43. The molecule has 0 fully saturated rings. The lowest BCUT2D eigenvalue weighted by molar-refractivity contribution is 0.414. The number of likely N-dealkylation sites (N-methyl/N-ethyl adjacent to an activating group) is 1. The van der Waals surface area contributed by atoms with Crippen LogP contribution in [0.3, 0.4) is 0 Å². The molecule has 0 radical (unpaired) electrons. The normalized spacial score (nSPS) is 14.9. The van der Waals surface area contributed by atoms with Crippen molar-refractivity contribution >= 4 is 9.84 Å². The van der Waals surface area contributed by atoms with Crippen molar-refractivity contribution in [3.8, 4) is 5.75 Å². The van der Waals surface area contributed by atoms with Crippen molar-refractivity contribution in [2.75, 3.05) is 19.9 Å². The number of rotatable bonds is 7. The number of ether oxygens (including phenoxy) is 1. The van der Waals surface area contributed by atoms with Gasteiger partial charge in [0, 0.05) is 12.3 Å². The third-order valence-electron chi connectivity index (χ3n) is 3.32. The van der Waals surface area contributed by atoms with Gasteiger partial charge >= 0.3 is 0 Å². The number of methoxy groups -OCH3 is 1. The highest BCUT2D eigenvalue weighted by Crippen LogP contribution is 2.15. The Labute approximate surface area is 116 Å². The molecule has 0 saturated carbocycles. The van der Waals surface area contributed by atoms with Crippen LogP contribution in [0.15, 0.2) is 24.3 Å². The first kappa shape index (κ1) is 16.0. The van der Waals surface area contributed by atoms with Crippen LogP contribution in [-0.4, -0.2) is 39.6 Å². The summed E-state index contributed by atoms with van der Waals surface area (Å²) in [5.74, 6) is 0.805. The van der Waals surface area contributed by atoms with E-state index >= 15 is 0 Å². The zero-order chi connectivity index (χ0) is 14.5. The fourth-order valence-corrected chi connectivity index (χ4v) is 2.77. The van der Waals surface area contributed by atoms with Crippen molar-refractivity contribution in [2.24, 2.45) is 0 Å². The van der Waals surface area contributed by atoms with Crippen LogP contribution in [0.4, 0.5) is 0 Å². The van der Waals surface area contributed by atoms with Gasteiger partial charge in [-0.25, -0.2) is 8.42 Å². The van der Waals surface area contributed by atoms with E-state index in [9.17, 15) is 8.42 Å². The topological polar surface area (TPSA) is 55.4 Å². The van der Waals surface area contributed by atoms with Gasteiger partial charge in [0.15, 0.2) is 9.84 Å². The average molecular weight is 285 g/mol. The Balaban J connectivity index is 2.83. The van der Waals surface area contributed by atoms with E-state index in [4.69, 9.17) is 4.74 Å². The molecule has 0 aliphatic carbocycles. The highest BCUT2D eigenvalue weighted by atomic mass is 32.2. The molecule has 0 heterocycles. The predicted molar refractivity (Wildman–Crippen MR) is 78.5 cm³/mol. The van der Waals surface area contributed by atoms with Gasteiger partial charge in [0.05, 0.1) is 12.4 Å². The van der Waals surface area contributed by atoms with E-state index in [0.29, 0.717) is 6.42 Å². The van der Waals surface area contributed by atoms with E-state index in [1.807, 2.05) is 31.2 Å². The van der Waals surface area contributed by atoms with Gasteiger partial charge in [-0.05, 0) is 37.6 Å². The van der Waals surface area contributed by atoms with Crippen LogP contribution < -0.4 is 10.1 Å². The highest BCUT2D eigenvalue weighted by Gasteiger charge is 2.25. The molecule has 1 N–H and O–H groups in total. The van der Waals surface area contributed by atoms with E-state index in [2.05, 4.69) is 5.32 Å². The monoisotopic (exact) mass is 285 g/mol. The molecule has 1 rings (SSSR count). The summed E-state index contributed by atoms with van der Waals surface area (Å²) in [6, 6.07) is 7.65. The fraction of sp³-hybridized carbons (Fsp3) is 0.571. The molecule has 0 saturated heterocycles. The minimum absolute atomic E-state index is 0.0756. The lowest BCUT2D eigenvalue weighted by Crippen LogP contribution is -2.43. The highest BCUT2D eigenvalue weighted by molar-refractivity contribution is 7.91. The molecule has 1 aromatic rings. The summed E-state index contributed by atoms with van der Waals surface area (Å²) in [6.07, 6.45) is 1.97. The Morgan fingerprint density at radius 1 is 1.26 bits per heavy atom. The van der Waals surface area contributed by atoms with Gasteiger partial charge in [-0.3, -0.25) is 0 Å². The molecular weight excluding hydrogens is 262 g/mol. The Kier molecular flexibility index (Phi) is 5.82. The lowest BCUT2D eigenvalue weighted by Gasteiger charge is -2.23. The van der Waals surface area contributed by atoms with Gasteiger partial charge in [-0.1, -0.05) is 19.1 Å². The molecule has 108 valence electrons. The summed E-state index contributed by atoms with van der Waals surface area (Å²) in [6.45, 7) is 4.49. The van der Waals surface area contributed by atoms with E-state index in [-0.39, 0.29) is 6.04 Å². The maximum Gasteiger partial charge on any atom is 0.151 e. The summed E-state index contributed by atoms with van der Waals surface area (Å²) in [7, 11) is -1.42. The average Bonchev–Trinajstić information content (AvgIpc) is 2.37. The van der Waals surface area contributed by atoms with Crippen LogP contribution in [0, 0.1) is 0 Å². The second-order valence-corrected chi connectivity index (χ2v) is 7.15. The standard InChI is InChI=1S/C14H23NO3S/c1-5-15-14(11(2)19(4,16)17)10-12-6-8-13(18-3)9-7-12/h6-9,11,14-15H,5,10H2,1-4H3. The summed E-state index contributed by atoms with van der Waals surface area (Å²) in [5.41, 5.74) is 1.10. The van der Waals surface area contributed by atoms with Crippen molar-refractivity contribution in [3.63, 3.8) is 0 Å². The Morgan fingerprint density at radius 3 is 2.26 bits per heavy atom. The smallest absolute Gasteiger partial charge is 0.151 e. The van der Waals surface area contributed by atoms with Gasteiger partial charge in [-0.2, -0.15) is 0 Å². The number of nitrogens with one attached hydrogen (secondary N) is 1. The van der Waals surface area contributed by atoms with E-state index in [1.54, 1.807) is 14.0 Å². The van der Waals surface area contributed by atoms with Crippen LogP contribution in [-0.2, 0) is 16.3 Å². The van der Waals surface area contributed by atoms with Crippen LogP contribution in [0.2, 0.25) is 0 Å². The minimum atomic E-state index is -3.04. The minimum Gasteiger partial charge on any atom is -0.497 e. The second-order valence-electron chi connectivity index (χ2n) is 4.75. The van der Waals surface area contributed by atoms with Gasteiger partial charge in [-0.15, -0.1) is 0 Å². The zero-order valence-corrected chi connectivity index (χ0v) is 12.8. The third kappa shape index (κ3) is 4.84. The first-order valence-corrected chi connectivity index (χ1v) is 8.39. The number of hydrogen-bond acceptors (Lipinski definition) is 4. The largest absolute Gasteiger partial charge is 0.497 e. The third-order valence-corrected chi connectivity index (χ3v) is 5.00. The number of sulfone groups is 1. The maximum atomic E-state index is 11.7. The first-order chi connectivity index (χ1) is 8.88. The molecule has 0 bridgehead atoms. The molecule has 5 heteroatoms. The van der Waals surface area contributed by atoms with Gasteiger partial charge in [0.2, 0.25) is 0 Å². The van der Waals surface area contributed by atoms with Crippen molar-refractivity contribution < 1.29 is 13.2 Å². The molecule has 0 aliphatic rings. The summed E-state index contributed by atoms with van der Waals surface area (Å²) >= 11 is 0. The Hall–Kier alpha value is -1.07. The van der Waals surface area contributed by atoms with E-state index < -0.39 is 15.1 Å². The predicted octanol–water partition coefficient (Wildman–Crippen LogP) is 1.65. The molecule has 4 nitrogen and oxygen atoms in total. The quantitative estimate of drug-likeness (QED) is 0.827. The van der Waals surface area contributed by atoms with Gasteiger partial charge in [0.25, 0.3) is 0 Å². The molecule has 0 amide bonds. The molecule has 0 aliphatic heterocycles. The van der Waals surface area contributed by atoms with Gasteiger partial charge < -0.3 is 10.1 Å². The fourth-order valence-electron chi connectivity index (χ4n) is 1.98. The van der Waals surface area contributed by atoms with E-state index in [1.165, 1.54) is 6.26 Å². The number of benzene rings is 1. The van der Waals surface area contributed by atoms with Crippen molar-refractivity contribution in [3.05, 3.63) is 29.8 Å². The van der Waals surface area contributed by atoms with Crippen LogP contribution in [0.25, 0.3) is 0 Å². The zero-order valence-electron chi connectivity index (χ0n) is 12.0. The molecule has 1 aromatic carbocycles. The van der Waals surface area contributed by atoms with Crippen LogP contribution >= 0.6 is 0 Å². The summed E-state index contributed by atoms with van der Waals surface area (Å²) < 4.78 is 28.5. The van der Waals surface area contributed by atoms with Gasteiger partial charge in [0.1, 0.15) is 5.75 Å². The molecule has 2 atom stereocenters. The molecule has 19 heavy (non-hydrogen) atoms. The lowest BCUT2D eigenvalue weighted by atomic mass is 10.0. The molecule has 2 unspecified atom stereocenters.